The fraction of sp³-hybridized carbons (Fsp3) is 0.367. The Morgan fingerprint density at radius 1 is 0.694 bits per heavy atom. The lowest BCUT2D eigenvalue weighted by Gasteiger charge is -2.18. The second-order valence-electron chi connectivity index (χ2n) is 8.51. The van der Waals surface area contributed by atoms with E-state index in [9.17, 15) is 4.79 Å². The lowest BCUT2D eigenvalue weighted by molar-refractivity contribution is -0.123. The number of amides is 1. The number of hydrogen-bond donors (Lipinski definition) is 1. The molecule has 0 unspecified atom stereocenters. The van der Waals surface area contributed by atoms with E-state index in [2.05, 4.69) is 5.32 Å². The molecule has 0 aliphatic carbocycles. The first-order valence-electron chi connectivity index (χ1n) is 12.6. The monoisotopic (exact) mass is 491 g/mol. The second-order valence-corrected chi connectivity index (χ2v) is 8.51. The largest absolute Gasteiger partial charge is 0.484 e. The molecule has 192 valence electrons. The molecule has 36 heavy (non-hydrogen) atoms. The van der Waals surface area contributed by atoms with Gasteiger partial charge in [0.2, 0.25) is 0 Å². The van der Waals surface area contributed by atoms with E-state index in [1.165, 1.54) is 0 Å². The van der Waals surface area contributed by atoms with Gasteiger partial charge in [-0.3, -0.25) is 4.79 Å². The van der Waals surface area contributed by atoms with Gasteiger partial charge in [-0.2, -0.15) is 0 Å². The Labute approximate surface area is 214 Å². The molecule has 0 fully saturated rings. The predicted octanol–water partition coefficient (Wildman–Crippen LogP) is 5.17. The zero-order chi connectivity index (χ0) is 25.1. The summed E-state index contributed by atoms with van der Waals surface area (Å²) in [4.78, 5) is 11.9. The van der Waals surface area contributed by atoms with Gasteiger partial charge in [0.05, 0.1) is 26.4 Å². The van der Waals surface area contributed by atoms with Gasteiger partial charge in [-0.15, -0.1) is 0 Å². The maximum atomic E-state index is 11.9. The van der Waals surface area contributed by atoms with Crippen LogP contribution in [0.4, 0.5) is 0 Å². The Kier molecular flexibility index (Phi) is 13.1. The summed E-state index contributed by atoms with van der Waals surface area (Å²) in [5.74, 6) is 0.584. The summed E-state index contributed by atoms with van der Waals surface area (Å²) in [6.07, 6.45) is 2.62. The predicted molar refractivity (Wildman–Crippen MR) is 141 cm³/mol. The molecule has 1 amide bonds. The van der Waals surface area contributed by atoms with E-state index in [-0.39, 0.29) is 18.6 Å². The highest BCUT2D eigenvalue weighted by Crippen LogP contribution is 2.08. The second kappa shape index (κ2) is 17.3. The highest BCUT2D eigenvalue weighted by atomic mass is 16.6. The van der Waals surface area contributed by atoms with E-state index in [1.54, 1.807) is 0 Å². The first-order valence-corrected chi connectivity index (χ1v) is 12.6. The smallest absolute Gasteiger partial charge is 0.257 e. The molecule has 0 saturated heterocycles. The number of para-hydroxylation sites is 1. The lowest BCUT2D eigenvalue weighted by atomic mass is 10.2. The Morgan fingerprint density at radius 2 is 1.25 bits per heavy atom. The van der Waals surface area contributed by atoms with Crippen molar-refractivity contribution >= 4 is 5.91 Å². The van der Waals surface area contributed by atoms with Gasteiger partial charge in [-0.1, -0.05) is 78.9 Å². The molecule has 0 radical (unpaired) electrons. The van der Waals surface area contributed by atoms with Gasteiger partial charge in [0.15, 0.2) is 6.61 Å². The van der Waals surface area contributed by atoms with Crippen molar-refractivity contribution in [3.05, 3.63) is 102 Å². The van der Waals surface area contributed by atoms with Crippen LogP contribution in [0.25, 0.3) is 0 Å². The lowest BCUT2D eigenvalue weighted by Crippen LogP contribution is -2.29. The van der Waals surface area contributed by atoms with Crippen LogP contribution in [0.2, 0.25) is 0 Å². The van der Waals surface area contributed by atoms with Crippen LogP contribution in [-0.4, -0.2) is 45.0 Å². The minimum atomic E-state index is -0.132. The van der Waals surface area contributed by atoms with Gasteiger partial charge in [-0.25, -0.2) is 0 Å². The van der Waals surface area contributed by atoms with Crippen molar-refractivity contribution < 1.29 is 23.7 Å². The fourth-order valence-corrected chi connectivity index (χ4v) is 3.51. The number of unbranched alkanes of at least 4 members (excludes halogenated alkanes) is 2. The third-order valence-electron chi connectivity index (χ3n) is 5.44. The zero-order valence-corrected chi connectivity index (χ0v) is 20.8. The number of carbonyl (C=O) groups excluding carboxylic acids is 1. The molecule has 0 atom stereocenters. The molecule has 0 aliphatic rings. The molecule has 0 heterocycles. The molecule has 0 aromatic heterocycles. The molecule has 0 aliphatic heterocycles. The number of carbonyl (C=O) groups is 1. The van der Waals surface area contributed by atoms with Crippen LogP contribution >= 0.6 is 0 Å². The average molecular weight is 492 g/mol. The van der Waals surface area contributed by atoms with Crippen LogP contribution in [0, 0.1) is 0 Å². The average Bonchev–Trinajstić information content (AvgIpc) is 2.93. The highest BCUT2D eigenvalue weighted by molar-refractivity contribution is 5.77. The standard InChI is InChI=1S/C30H37NO5/c32-30(25-36-28-17-9-3-10-18-28)31-19-11-4-12-20-35-29(23-33-21-26-13-5-1-6-14-26)24-34-22-27-15-7-2-8-16-27/h1-3,5-10,13-18,29H,4,11-12,19-25H2,(H,31,32). The van der Waals surface area contributed by atoms with Crippen molar-refractivity contribution in [2.75, 3.05) is 33.0 Å². The first kappa shape index (κ1) is 27.4. The summed E-state index contributed by atoms with van der Waals surface area (Å²) < 4.78 is 23.3. The summed E-state index contributed by atoms with van der Waals surface area (Å²) in [6.45, 7) is 3.32. The number of benzene rings is 3. The van der Waals surface area contributed by atoms with Crippen LogP contribution < -0.4 is 10.1 Å². The Morgan fingerprint density at radius 3 is 1.83 bits per heavy atom. The van der Waals surface area contributed by atoms with Gasteiger partial charge in [0, 0.05) is 13.2 Å². The molecule has 0 saturated carbocycles. The van der Waals surface area contributed by atoms with Crippen molar-refractivity contribution in [3.63, 3.8) is 0 Å². The van der Waals surface area contributed by atoms with Gasteiger partial charge in [-0.05, 0) is 42.5 Å². The fourth-order valence-electron chi connectivity index (χ4n) is 3.51. The van der Waals surface area contributed by atoms with Crippen LogP contribution in [0.1, 0.15) is 30.4 Å². The van der Waals surface area contributed by atoms with Crippen molar-refractivity contribution in [1.82, 2.24) is 5.32 Å². The number of hydrogen-bond acceptors (Lipinski definition) is 5. The van der Waals surface area contributed by atoms with E-state index in [0.29, 0.717) is 45.3 Å². The Hall–Kier alpha value is -3.19. The SMILES string of the molecule is O=C(COc1ccccc1)NCCCCCOC(COCc1ccccc1)COCc1ccccc1. The van der Waals surface area contributed by atoms with E-state index in [0.717, 1.165) is 30.4 Å². The van der Waals surface area contributed by atoms with Crippen molar-refractivity contribution in [1.29, 1.82) is 0 Å². The normalized spacial score (nSPS) is 10.9. The van der Waals surface area contributed by atoms with Gasteiger partial charge >= 0.3 is 0 Å². The molecule has 0 bridgehead atoms. The van der Waals surface area contributed by atoms with Crippen LogP contribution in [-0.2, 0) is 32.2 Å². The van der Waals surface area contributed by atoms with Crippen molar-refractivity contribution in [2.24, 2.45) is 0 Å². The highest BCUT2D eigenvalue weighted by Gasteiger charge is 2.11. The Balaban J connectivity index is 1.27. The van der Waals surface area contributed by atoms with E-state index < -0.39 is 0 Å². The summed E-state index contributed by atoms with van der Waals surface area (Å²) in [6, 6.07) is 29.6. The molecule has 1 N–H and O–H groups in total. The third-order valence-corrected chi connectivity index (χ3v) is 5.44. The molecule has 0 spiro atoms. The molecular formula is C30H37NO5. The molecule has 6 heteroatoms. The summed E-state index contributed by atoms with van der Waals surface area (Å²) in [5.41, 5.74) is 2.27. The minimum Gasteiger partial charge on any atom is -0.484 e. The summed E-state index contributed by atoms with van der Waals surface area (Å²) in [5, 5.41) is 2.89. The molecule has 3 aromatic rings. The van der Waals surface area contributed by atoms with Gasteiger partial charge < -0.3 is 24.3 Å². The maximum Gasteiger partial charge on any atom is 0.257 e. The summed E-state index contributed by atoms with van der Waals surface area (Å²) >= 11 is 0. The first-order chi connectivity index (χ1) is 17.8. The maximum absolute atomic E-state index is 11.9. The Bertz CT molecular complexity index is 907. The van der Waals surface area contributed by atoms with Crippen LogP contribution in [0.15, 0.2) is 91.0 Å². The van der Waals surface area contributed by atoms with Crippen LogP contribution in [0.3, 0.4) is 0 Å². The zero-order valence-electron chi connectivity index (χ0n) is 20.8. The molecule has 3 rings (SSSR count). The summed E-state index contributed by atoms with van der Waals surface area (Å²) in [7, 11) is 0. The number of rotatable bonds is 18. The van der Waals surface area contributed by atoms with Crippen molar-refractivity contribution in [2.45, 2.75) is 38.6 Å². The molecule has 3 aromatic carbocycles. The van der Waals surface area contributed by atoms with Crippen LogP contribution in [0.5, 0.6) is 5.75 Å². The van der Waals surface area contributed by atoms with Crippen molar-refractivity contribution in [3.8, 4) is 5.75 Å². The van der Waals surface area contributed by atoms with Gasteiger partial charge in [0.1, 0.15) is 11.9 Å². The molecule has 6 nitrogen and oxygen atoms in total. The third kappa shape index (κ3) is 12.0. The minimum absolute atomic E-state index is 0.0285. The molecular weight excluding hydrogens is 454 g/mol. The topological polar surface area (TPSA) is 66.0 Å². The quantitative estimate of drug-likeness (QED) is 0.249. The number of ether oxygens (including phenoxy) is 4. The van der Waals surface area contributed by atoms with Gasteiger partial charge in [0.25, 0.3) is 5.91 Å². The van der Waals surface area contributed by atoms with E-state index in [1.807, 2.05) is 91.0 Å². The van der Waals surface area contributed by atoms with E-state index >= 15 is 0 Å². The number of nitrogens with one attached hydrogen (secondary N) is 1. The van der Waals surface area contributed by atoms with E-state index in [4.69, 9.17) is 18.9 Å².